The van der Waals surface area contributed by atoms with E-state index in [0.717, 1.165) is 38.3 Å². The number of halogens is 2. The predicted molar refractivity (Wildman–Crippen MR) is 75.0 cm³/mol. The van der Waals surface area contributed by atoms with Gasteiger partial charge in [-0.15, -0.1) is 0 Å². The fourth-order valence-electron chi connectivity index (χ4n) is 2.41. The van der Waals surface area contributed by atoms with Crippen molar-refractivity contribution in [3.05, 3.63) is 35.4 Å². The Hall–Kier alpha value is -1.04. The number of ether oxygens (including phenoxy) is 1. The lowest BCUT2D eigenvalue weighted by atomic mass is 10.1. The van der Waals surface area contributed by atoms with Gasteiger partial charge < -0.3 is 10.1 Å². The predicted octanol–water partition coefficient (Wildman–Crippen LogP) is 2.43. The minimum atomic E-state index is -2.41. The first-order chi connectivity index (χ1) is 9.69. The quantitative estimate of drug-likeness (QED) is 0.868. The molecule has 112 valence electrons. The lowest BCUT2D eigenvalue weighted by Crippen LogP contribution is -2.46. The van der Waals surface area contributed by atoms with Crippen molar-refractivity contribution >= 4 is 0 Å². The first kappa shape index (κ1) is 15.4. The number of nitrogens with one attached hydrogen (secondary N) is 1. The molecule has 1 aliphatic rings. The molecule has 0 radical (unpaired) electrons. The van der Waals surface area contributed by atoms with Crippen molar-refractivity contribution in [3.63, 3.8) is 0 Å². The topological polar surface area (TPSA) is 24.5 Å². The van der Waals surface area contributed by atoms with Crippen LogP contribution in [0.2, 0.25) is 0 Å². The zero-order valence-corrected chi connectivity index (χ0v) is 11.8. The molecule has 2 rings (SSSR count). The van der Waals surface area contributed by atoms with Gasteiger partial charge in [-0.05, 0) is 18.2 Å². The molecule has 5 heteroatoms. The summed E-state index contributed by atoms with van der Waals surface area (Å²) in [6, 6.07) is 6.54. The van der Waals surface area contributed by atoms with E-state index in [1.54, 1.807) is 12.1 Å². The second kappa shape index (κ2) is 7.67. The SMILES string of the molecule is CCN1CCOC(CNCc2cccc(C(F)F)c2)C1. The minimum absolute atomic E-state index is 0.0791. The summed E-state index contributed by atoms with van der Waals surface area (Å²) in [5.41, 5.74) is 0.960. The van der Waals surface area contributed by atoms with E-state index < -0.39 is 6.43 Å². The summed E-state index contributed by atoms with van der Waals surface area (Å²) in [6.07, 6.45) is -2.23. The van der Waals surface area contributed by atoms with Gasteiger partial charge in [-0.3, -0.25) is 4.90 Å². The Morgan fingerprint density at radius 3 is 3.05 bits per heavy atom. The Morgan fingerprint density at radius 2 is 2.30 bits per heavy atom. The molecule has 1 saturated heterocycles. The van der Waals surface area contributed by atoms with Gasteiger partial charge >= 0.3 is 0 Å². The van der Waals surface area contributed by atoms with Crippen molar-refractivity contribution in [3.8, 4) is 0 Å². The van der Waals surface area contributed by atoms with Gasteiger partial charge in [-0.2, -0.15) is 0 Å². The molecule has 0 amide bonds. The molecule has 1 heterocycles. The lowest BCUT2D eigenvalue weighted by Gasteiger charge is -2.32. The van der Waals surface area contributed by atoms with Crippen LogP contribution in [0.15, 0.2) is 24.3 Å². The van der Waals surface area contributed by atoms with Gasteiger partial charge in [-0.1, -0.05) is 25.1 Å². The van der Waals surface area contributed by atoms with Gasteiger partial charge in [-0.25, -0.2) is 8.78 Å². The maximum Gasteiger partial charge on any atom is 0.263 e. The maximum atomic E-state index is 12.6. The molecule has 1 aromatic rings. The lowest BCUT2D eigenvalue weighted by molar-refractivity contribution is -0.0253. The first-order valence-electron chi connectivity index (χ1n) is 7.10. The highest BCUT2D eigenvalue weighted by Gasteiger charge is 2.18. The van der Waals surface area contributed by atoms with Crippen molar-refractivity contribution in [1.82, 2.24) is 10.2 Å². The van der Waals surface area contributed by atoms with E-state index in [2.05, 4.69) is 17.1 Å². The third-order valence-corrected chi connectivity index (χ3v) is 3.57. The van der Waals surface area contributed by atoms with Crippen molar-refractivity contribution in [2.75, 3.05) is 32.8 Å². The molecule has 0 spiro atoms. The van der Waals surface area contributed by atoms with Crippen LogP contribution >= 0.6 is 0 Å². The van der Waals surface area contributed by atoms with Crippen molar-refractivity contribution in [2.45, 2.75) is 26.0 Å². The average molecular weight is 284 g/mol. The molecule has 20 heavy (non-hydrogen) atoms. The number of likely N-dealkylation sites (N-methyl/N-ethyl adjacent to an activating group) is 1. The van der Waals surface area contributed by atoms with Crippen LogP contribution in [0.25, 0.3) is 0 Å². The highest BCUT2D eigenvalue weighted by molar-refractivity contribution is 5.24. The molecule has 1 N–H and O–H groups in total. The standard InChI is InChI=1S/C15H22F2N2O/c1-2-19-6-7-20-14(11-19)10-18-9-12-4-3-5-13(8-12)15(16)17/h3-5,8,14-15,18H,2,6-7,9-11H2,1H3. The van der Waals surface area contributed by atoms with E-state index in [9.17, 15) is 8.78 Å². The summed E-state index contributed by atoms with van der Waals surface area (Å²) in [5, 5.41) is 3.29. The van der Waals surface area contributed by atoms with Gasteiger partial charge in [0.25, 0.3) is 6.43 Å². The molecule has 1 aromatic carbocycles. The van der Waals surface area contributed by atoms with Crippen LogP contribution < -0.4 is 5.32 Å². The number of morpholine rings is 1. The molecule has 1 aliphatic heterocycles. The second-order valence-corrected chi connectivity index (χ2v) is 5.06. The summed E-state index contributed by atoms with van der Waals surface area (Å²) in [5.74, 6) is 0. The second-order valence-electron chi connectivity index (χ2n) is 5.06. The van der Waals surface area contributed by atoms with Gasteiger partial charge in [0.05, 0.1) is 12.7 Å². The first-order valence-corrected chi connectivity index (χ1v) is 7.10. The zero-order chi connectivity index (χ0) is 14.4. The van der Waals surface area contributed by atoms with Crippen molar-refractivity contribution in [2.24, 2.45) is 0 Å². The van der Waals surface area contributed by atoms with E-state index in [0.29, 0.717) is 6.54 Å². The van der Waals surface area contributed by atoms with Crippen LogP contribution in [0.4, 0.5) is 8.78 Å². The molecule has 3 nitrogen and oxygen atoms in total. The number of alkyl halides is 2. The number of benzene rings is 1. The molecule has 0 bridgehead atoms. The monoisotopic (exact) mass is 284 g/mol. The van der Waals surface area contributed by atoms with E-state index >= 15 is 0 Å². The van der Waals surface area contributed by atoms with Crippen molar-refractivity contribution in [1.29, 1.82) is 0 Å². The van der Waals surface area contributed by atoms with Gasteiger partial charge in [0.2, 0.25) is 0 Å². The smallest absolute Gasteiger partial charge is 0.263 e. The Bertz CT molecular complexity index is 415. The van der Waals surface area contributed by atoms with Gasteiger partial charge in [0.1, 0.15) is 0 Å². The highest BCUT2D eigenvalue weighted by Crippen LogP contribution is 2.19. The number of hydrogen-bond donors (Lipinski definition) is 1. The van der Waals surface area contributed by atoms with Crippen LogP contribution in [0, 0.1) is 0 Å². The Kier molecular flexibility index (Phi) is 5.88. The number of nitrogens with zero attached hydrogens (tertiary/aromatic N) is 1. The summed E-state index contributed by atoms with van der Waals surface area (Å²) in [7, 11) is 0. The minimum Gasteiger partial charge on any atom is -0.374 e. The normalized spacial score (nSPS) is 20.5. The van der Waals surface area contributed by atoms with Crippen molar-refractivity contribution < 1.29 is 13.5 Å². The average Bonchev–Trinajstić information content (AvgIpc) is 2.48. The van der Waals surface area contributed by atoms with E-state index in [4.69, 9.17) is 4.74 Å². The zero-order valence-electron chi connectivity index (χ0n) is 11.8. The number of hydrogen-bond acceptors (Lipinski definition) is 3. The van der Waals surface area contributed by atoms with Gasteiger partial charge in [0.15, 0.2) is 0 Å². The summed E-state index contributed by atoms with van der Waals surface area (Å²) < 4.78 is 30.9. The third kappa shape index (κ3) is 4.51. The Balaban J connectivity index is 1.76. The van der Waals surface area contributed by atoms with E-state index in [-0.39, 0.29) is 11.7 Å². The van der Waals surface area contributed by atoms with E-state index in [1.165, 1.54) is 6.07 Å². The summed E-state index contributed by atoms with van der Waals surface area (Å²) in [4.78, 5) is 2.35. The van der Waals surface area contributed by atoms with Crippen LogP contribution in [0.5, 0.6) is 0 Å². The third-order valence-electron chi connectivity index (χ3n) is 3.57. The molecular weight excluding hydrogens is 262 g/mol. The molecule has 0 aliphatic carbocycles. The molecule has 0 aromatic heterocycles. The van der Waals surface area contributed by atoms with E-state index in [1.807, 2.05) is 6.07 Å². The molecule has 1 unspecified atom stereocenters. The van der Waals surface area contributed by atoms with Crippen LogP contribution in [-0.4, -0.2) is 43.8 Å². The van der Waals surface area contributed by atoms with Crippen LogP contribution in [-0.2, 0) is 11.3 Å². The molecule has 1 fully saturated rings. The highest BCUT2D eigenvalue weighted by atomic mass is 19.3. The maximum absolute atomic E-state index is 12.6. The summed E-state index contributed by atoms with van der Waals surface area (Å²) in [6.45, 7) is 7.20. The Labute approximate surface area is 118 Å². The summed E-state index contributed by atoms with van der Waals surface area (Å²) >= 11 is 0. The van der Waals surface area contributed by atoms with Crippen LogP contribution in [0.1, 0.15) is 24.5 Å². The van der Waals surface area contributed by atoms with Gasteiger partial charge in [0, 0.05) is 31.7 Å². The van der Waals surface area contributed by atoms with Crippen LogP contribution in [0.3, 0.4) is 0 Å². The molecular formula is C15H22F2N2O. The molecule has 1 atom stereocenters. The number of rotatable bonds is 6. The fourth-order valence-corrected chi connectivity index (χ4v) is 2.41. The Morgan fingerprint density at radius 1 is 1.45 bits per heavy atom. The largest absolute Gasteiger partial charge is 0.374 e. The fraction of sp³-hybridized carbons (Fsp3) is 0.600. The molecule has 0 saturated carbocycles.